The van der Waals surface area contributed by atoms with Gasteiger partial charge >= 0.3 is 0 Å². The molecule has 2 rings (SSSR count). The second-order valence-electron chi connectivity index (χ2n) is 4.90. The van der Waals surface area contributed by atoms with Crippen LogP contribution in [-0.2, 0) is 4.74 Å². The third-order valence-corrected chi connectivity index (χ3v) is 3.13. The second kappa shape index (κ2) is 6.70. The molecule has 1 aliphatic rings. The summed E-state index contributed by atoms with van der Waals surface area (Å²) in [4.78, 5) is 9.17. The average molecular weight is 265 g/mol. The summed E-state index contributed by atoms with van der Waals surface area (Å²) >= 11 is 0. The minimum Gasteiger partial charge on any atom is -0.475 e. The van der Waals surface area contributed by atoms with Crippen LogP contribution in [0.15, 0.2) is 0 Å². The molecule has 0 saturated heterocycles. The molecule has 0 spiro atoms. The van der Waals surface area contributed by atoms with Crippen molar-refractivity contribution in [3.05, 3.63) is 11.4 Å². The van der Waals surface area contributed by atoms with Gasteiger partial charge in [-0.05, 0) is 26.2 Å². The fourth-order valence-electron chi connectivity index (χ4n) is 1.81. The quantitative estimate of drug-likeness (QED) is 0.732. The minimum absolute atomic E-state index is 0.520. The van der Waals surface area contributed by atoms with Crippen molar-refractivity contribution in [2.45, 2.75) is 39.0 Å². The Kier molecular flexibility index (Phi) is 4.96. The van der Waals surface area contributed by atoms with Crippen molar-refractivity contribution >= 4 is 5.82 Å². The van der Waals surface area contributed by atoms with Gasteiger partial charge in [0.1, 0.15) is 18.2 Å². The number of hydrogen-bond acceptors (Lipinski definition) is 5. The van der Waals surface area contributed by atoms with E-state index in [1.54, 1.807) is 7.11 Å². The number of hydrogen-bond donors (Lipinski definition) is 1. The monoisotopic (exact) mass is 265 g/mol. The van der Waals surface area contributed by atoms with Gasteiger partial charge in [-0.1, -0.05) is 6.92 Å². The number of aromatic nitrogens is 2. The number of anilines is 1. The summed E-state index contributed by atoms with van der Waals surface area (Å²) in [5.41, 5.74) is 0.981. The summed E-state index contributed by atoms with van der Waals surface area (Å²) in [7, 11) is 1.67. The van der Waals surface area contributed by atoms with E-state index in [4.69, 9.17) is 9.47 Å². The first-order valence-electron chi connectivity index (χ1n) is 7.00. The summed E-state index contributed by atoms with van der Waals surface area (Å²) in [5, 5.41) is 3.35. The lowest BCUT2D eigenvalue weighted by Crippen LogP contribution is -2.12. The number of methoxy groups -OCH3 is 1. The normalized spacial score (nSPS) is 14.5. The van der Waals surface area contributed by atoms with Crippen LogP contribution in [0.3, 0.4) is 0 Å². The second-order valence-corrected chi connectivity index (χ2v) is 4.90. The molecule has 1 fully saturated rings. The first-order chi connectivity index (χ1) is 9.26. The van der Waals surface area contributed by atoms with E-state index in [0.29, 0.717) is 25.0 Å². The summed E-state index contributed by atoms with van der Waals surface area (Å²) in [6, 6.07) is 0. The topological polar surface area (TPSA) is 56.3 Å². The molecule has 1 saturated carbocycles. The standard InChI is InChI=1S/C14H23N3O2/c1-4-7-15-12-10(2)14(19-9-8-18-3)17-13(16-12)11-5-6-11/h11H,4-9H2,1-3H3,(H,15,16,17). The van der Waals surface area contributed by atoms with Crippen LogP contribution >= 0.6 is 0 Å². The fourth-order valence-corrected chi connectivity index (χ4v) is 1.81. The van der Waals surface area contributed by atoms with Gasteiger partial charge in [0, 0.05) is 19.6 Å². The van der Waals surface area contributed by atoms with E-state index < -0.39 is 0 Å². The zero-order valence-electron chi connectivity index (χ0n) is 12.0. The largest absolute Gasteiger partial charge is 0.475 e. The van der Waals surface area contributed by atoms with Crippen LogP contribution in [-0.4, -0.2) is 36.8 Å². The molecule has 5 heteroatoms. The van der Waals surface area contributed by atoms with Crippen molar-refractivity contribution in [2.24, 2.45) is 0 Å². The summed E-state index contributed by atoms with van der Waals surface area (Å²) < 4.78 is 10.7. The first-order valence-corrected chi connectivity index (χ1v) is 7.00. The lowest BCUT2D eigenvalue weighted by molar-refractivity contribution is 0.143. The number of nitrogens with zero attached hydrogens (tertiary/aromatic N) is 2. The van der Waals surface area contributed by atoms with E-state index in [-0.39, 0.29) is 0 Å². The molecule has 0 amide bonds. The maximum atomic E-state index is 5.70. The van der Waals surface area contributed by atoms with E-state index in [0.717, 1.165) is 30.2 Å². The van der Waals surface area contributed by atoms with Gasteiger partial charge in [-0.2, -0.15) is 4.98 Å². The van der Waals surface area contributed by atoms with Crippen LogP contribution in [0.4, 0.5) is 5.82 Å². The van der Waals surface area contributed by atoms with Crippen LogP contribution in [0.25, 0.3) is 0 Å². The maximum Gasteiger partial charge on any atom is 0.221 e. The van der Waals surface area contributed by atoms with Gasteiger partial charge in [-0.25, -0.2) is 4.98 Å². The average Bonchev–Trinajstić information content (AvgIpc) is 3.24. The van der Waals surface area contributed by atoms with Crippen molar-refractivity contribution in [3.63, 3.8) is 0 Å². The van der Waals surface area contributed by atoms with Gasteiger partial charge in [0.2, 0.25) is 5.88 Å². The zero-order valence-corrected chi connectivity index (χ0v) is 12.0. The molecular formula is C14H23N3O2. The molecule has 0 atom stereocenters. The highest BCUT2D eigenvalue weighted by atomic mass is 16.5. The van der Waals surface area contributed by atoms with E-state index >= 15 is 0 Å². The molecule has 0 aromatic carbocycles. The number of nitrogens with one attached hydrogen (secondary N) is 1. The highest BCUT2D eigenvalue weighted by molar-refractivity contribution is 5.49. The molecule has 0 aliphatic heterocycles. The highest BCUT2D eigenvalue weighted by Gasteiger charge is 2.28. The molecule has 1 aliphatic carbocycles. The van der Waals surface area contributed by atoms with E-state index in [1.165, 1.54) is 12.8 Å². The zero-order chi connectivity index (χ0) is 13.7. The van der Waals surface area contributed by atoms with Gasteiger partial charge in [-0.3, -0.25) is 0 Å². The van der Waals surface area contributed by atoms with Gasteiger partial charge in [0.15, 0.2) is 0 Å². The molecule has 1 aromatic heterocycles. The Balaban J connectivity index is 2.16. The van der Waals surface area contributed by atoms with Crippen LogP contribution in [0.1, 0.15) is 43.5 Å². The molecule has 1 N–H and O–H groups in total. The third kappa shape index (κ3) is 3.80. The minimum atomic E-state index is 0.520. The van der Waals surface area contributed by atoms with Gasteiger partial charge in [0.05, 0.1) is 12.2 Å². The summed E-state index contributed by atoms with van der Waals surface area (Å²) in [6.07, 6.45) is 3.45. The molecule has 0 unspecified atom stereocenters. The first kappa shape index (κ1) is 14.1. The molecule has 5 nitrogen and oxygen atoms in total. The van der Waals surface area contributed by atoms with E-state index in [9.17, 15) is 0 Å². The van der Waals surface area contributed by atoms with Gasteiger partial charge < -0.3 is 14.8 Å². The molecule has 106 valence electrons. The van der Waals surface area contributed by atoms with Gasteiger partial charge in [0.25, 0.3) is 0 Å². The summed E-state index contributed by atoms with van der Waals surface area (Å²) in [6.45, 7) is 6.14. The lowest BCUT2D eigenvalue weighted by Gasteiger charge is -2.14. The SMILES string of the molecule is CCCNc1nc(C2CC2)nc(OCCOC)c1C. The molecule has 1 heterocycles. The Morgan fingerprint density at radius 1 is 1.26 bits per heavy atom. The Labute approximate surface area is 114 Å². The molecule has 1 aromatic rings. The maximum absolute atomic E-state index is 5.70. The van der Waals surface area contributed by atoms with Crippen LogP contribution in [0.5, 0.6) is 5.88 Å². The van der Waals surface area contributed by atoms with Crippen molar-refractivity contribution < 1.29 is 9.47 Å². The molecule has 19 heavy (non-hydrogen) atoms. The van der Waals surface area contributed by atoms with Crippen LogP contribution < -0.4 is 10.1 Å². The number of ether oxygens (including phenoxy) is 2. The fraction of sp³-hybridized carbons (Fsp3) is 0.714. The summed E-state index contributed by atoms with van der Waals surface area (Å²) in [5.74, 6) is 3.03. The van der Waals surface area contributed by atoms with Crippen molar-refractivity contribution in [1.29, 1.82) is 0 Å². The van der Waals surface area contributed by atoms with Crippen molar-refractivity contribution in [1.82, 2.24) is 9.97 Å². The molecule has 0 bridgehead atoms. The Morgan fingerprint density at radius 3 is 2.68 bits per heavy atom. The Morgan fingerprint density at radius 2 is 2.05 bits per heavy atom. The predicted molar refractivity (Wildman–Crippen MR) is 74.9 cm³/mol. The Bertz CT molecular complexity index is 419. The smallest absolute Gasteiger partial charge is 0.221 e. The molecule has 0 radical (unpaired) electrons. The number of rotatable bonds is 8. The molecular weight excluding hydrogens is 242 g/mol. The van der Waals surface area contributed by atoms with Crippen molar-refractivity contribution in [3.8, 4) is 5.88 Å². The van der Waals surface area contributed by atoms with Crippen molar-refractivity contribution in [2.75, 3.05) is 32.2 Å². The van der Waals surface area contributed by atoms with Gasteiger partial charge in [-0.15, -0.1) is 0 Å². The Hall–Kier alpha value is -1.36. The van der Waals surface area contributed by atoms with E-state index in [1.807, 2.05) is 6.92 Å². The third-order valence-electron chi connectivity index (χ3n) is 3.13. The van der Waals surface area contributed by atoms with Crippen LogP contribution in [0, 0.1) is 6.92 Å². The van der Waals surface area contributed by atoms with Crippen LogP contribution in [0.2, 0.25) is 0 Å². The predicted octanol–water partition coefficient (Wildman–Crippen LogP) is 2.51. The lowest BCUT2D eigenvalue weighted by atomic mass is 10.3. The van der Waals surface area contributed by atoms with E-state index in [2.05, 4.69) is 22.2 Å². The highest BCUT2D eigenvalue weighted by Crippen LogP contribution is 2.39.